The molecular formula is C18H30N6O2. The molecule has 1 saturated heterocycles. The number of piperidine rings is 1. The highest BCUT2D eigenvalue weighted by atomic mass is 16.5. The highest BCUT2D eigenvalue weighted by Crippen LogP contribution is 2.17. The molecule has 0 aromatic carbocycles. The molecule has 0 spiro atoms. The van der Waals surface area contributed by atoms with E-state index < -0.39 is 0 Å². The number of anilines is 1. The fraction of sp³-hybridized carbons (Fsp3) is 0.611. The Kier molecular flexibility index (Phi) is 8.14. The minimum Gasteiger partial charge on any atom is -0.383 e. The number of hydrogen-bond donors (Lipinski definition) is 3. The van der Waals surface area contributed by atoms with E-state index in [9.17, 15) is 4.79 Å². The number of hydrogen-bond acceptors (Lipinski definition) is 5. The minimum atomic E-state index is -0.0785. The van der Waals surface area contributed by atoms with Crippen LogP contribution in [0.25, 0.3) is 0 Å². The number of aryl methyl sites for hydroxylation is 1. The first kappa shape index (κ1) is 20.0. The summed E-state index contributed by atoms with van der Waals surface area (Å²) >= 11 is 0. The summed E-state index contributed by atoms with van der Waals surface area (Å²) in [5, 5.41) is 9.22. The number of pyridine rings is 1. The SMILES string of the molecule is CN=C(NCC(=O)NCCOC)NC1CCN(c2ccc(C)cn2)CC1. The quantitative estimate of drug-likeness (QED) is 0.367. The lowest BCUT2D eigenvalue weighted by Crippen LogP contribution is -2.50. The molecular weight excluding hydrogens is 332 g/mol. The third-order valence-corrected chi connectivity index (χ3v) is 4.32. The number of rotatable bonds is 7. The second-order valence-corrected chi connectivity index (χ2v) is 6.37. The van der Waals surface area contributed by atoms with Gasteiger partial charge in [-0.1, -0.05) is 6.07 Å². The molecule has 8 nitrogen and oxygen atoms in total. The van der Waals surface area contributed by atoms with Crippen molar-refractivity contribution in [2.75, 3.05) is 51.8 Å². The molecule has 0 radical (unpaired) electrons. The van der Waals surface area contributed by atoms with Crippen LogP contribution in [0.15, 0.2) is 23.3 Å². The first-order valence-corrected chi connectivity index (χ1v) is 9.02. The van der Waals surface area contributed by atoms with Crippen LogP contribution in [0, 0.1) is 6.92 Å². The molecule has 0 aliphatic carbocycles. The lowest BCUT2D eigenvalue weighted by molar-refractivity contribution is -0.120. The van der Waals surface area contributed by atoms with Crippen LogP contribution in [0.2, 0.25) is 0 Å². The summed E-state index contributed by atoms with van der Waals surface area (Å²) in [5.74, 6) is 1.60. The molecule has 8 heteroatoms. The van der Waals surface area contributed by atoms with Gasteiger partial charge in [0.1, 0.15) is 5.82 Å². The second-order valence-electron chi connectivity index (χ2n) is 6.37. The summed E-state index contributed by atoms with van der Waals surface area (Å²) in [6, 6.07) is 4.50. The summed E-state index contributed by atoms with van der Waals surface area (Å²) in [4.78, 5) is 22.7. The van der Waals surface area contributed by atoms with E-state index in [0.717, 1.165) is 31.7 Å². The number of aliphatic imine (C=N–C) groups is 1. The number of aromatic nitrogens is 1. The number of nitrogens with zero attached hydrogens (tertiary/aromatic N) is 3. The first-order valence-electron chi connectivity index (χ1n) is 9.02. The van der Waals surface area contributed by atoms with Crippen LogP contribution in [0.5, 0.6) is 0 Å². The largest absolute Gasteiger partial charge is 0.383 e. The van der Waals surface area contributed by atoms with Crippen molar-refractivity contribution in [1.29, 1.82) is 0 Å². The number of amides is 1. The van der Waals surface area contributed by atoms with Crippen molar-refractivity contribution in [2.45, 2.75) is 25.8 Å². The summed E-state index contributed by atoms with van der Waals surface area (Å²) in [7, 11) is 3.32. The first-order chi connectivity index (χ1) is 12.6. The Hall–Kier alpha value is -2.35. The molecule has 0 saturated carbocycles. The number of methoxy groups -OCH3 is 1. The van der Waals surface area contributed by atoms with Gasteiger partial charge in [0.05, 0.1) is 13.2 Å². The van der Waals surface area contributed by atoms with Gasteiger partial charge in [-0.3, -0.25) is 9.79 Å². The molecule has 1 amide bonds. The van der Waals surface area contributed by atoms with Gasteiger partial charge in [0.15, 0.2) is 5.96 Å². The van der Waals surface area contributed by atoms with Crippen molar-refractivity contribution in [3.05, 3.63) is 23.9 Å². The lowest BCUT2D eigenvalue weighted by atomic mass is 10.1. The standard InChI is InChI=1S/C18H30N6O2/c1-14-4-5-16(21-12-14)24-9-6-15(7-10-24)23-18(19-2)22-13-17(25)20-8-11-26-3/h4-5,12,15H,6-11,13H2,1-3H3,(H,20,25)(H2,19,22,23). The van der Waals surface area contributed by atoms with Gasteiger partial charge in [0, 0.05) is 46.0 Å². The topological polar surface area (TPSA) is 90.9 Å². The maximum absolute atomic E-state index is 11.7. The van der Waals surface area contributed by atoms with Gasteiger partial charge < -0.3 is 25.6 Å². The van der Waals surface area contributed by atoms with Crippen molar-refractivity contribution in [1.82, 2.24) is 20.9 Å². The Morgan fingerprint density at radius 3 is 2.73 bits per heavy atom. The number of ether oxygens (including phenoxy) is 1. The smallest absolute Gasteiger partial charge is 0.239 e. The van der Waals surface area contributed by atoms with Crippen LogP contribution in [0.4, 0.5) is 5.82 Å². The van der Waals surface area contributed by atoms with Crippen LogP contribution in [0.1, 0.15) is 18.4 Å². The molecule has 26 heavy (non-hydrogen) atoms. The predicted molar refractivity (Wildman–Crippen MR) is 104 cm³/mol. The van der Waals surface area contributed by atoms with E-state index in [1.165, 1.54) is 5.56 Å². The molecule has 1 aliphatic rings. The Morgan fingerprint density at radius 1 is 1.35 bits per heavy atom. The summed E-state index contributed by atoms with van der Waals surface area (Å²) < 4.78 is 4.91. The Morgan fingerprint density at radius 2 is 2.12 bits per heavy atom. The van der Waals surface area contributed by atoms with E-state index in [4.69, 9.17) is 4.74 Å². The molecule has 1 aromatic heterocycles. The zero-order valence-corrected chi connectivity index (χ0v) is 15.9. The van der Waals surface area contributed by atoms with Crippen molar-refractivity contribution < 1.29 is 9.53 Å². The van der Waals surface area contributed by atoms with E-state index in [2.05, 4.69) is 43.0 Å². The predicted octanol–water partition coefficient (Wildman–Crippen LogP) is 0.286. The number of carbonyl (C=O) groups excluding carboxylic acids is 1. The molecule has 1 fully saturated rings. The van der Waals surface area contributed by atoms with Crippen molar-refractivity contribution in [3.8, 4) is 0 Å². The number of nitrogens with one attached hydrogen (secondary N) is 3. The Labute approximate surface area is 155 Å². The third-order valence-electron chi connectivity index (χ3n) is 4.32. The van der Waals surface area contributed by atoms with Crippen molar-refractivity contribution >= 4 is 17.7 Å². The molecule has 1 aliphatic heterocycles. The molecule has 0 atom stereocenters. The van der Waals surface area contributed by atoms with Crippen LogP contribution in [-0.4, -0.2) is 69.8 Å². The molecule has 144 valence electrons. The summed E-state index contributed by atoms with van der Waals surface area (Å²) in [6.07, 6.45) is 3.90. The second kappa shape index (κ2) is 10.6. The minimum absolute atomic E-state index is 0.0785. The number of guanidine groups is 1. The number of carbonyl (C=O) groups is 1. The average molecular weight is 362 g/mol. The van der Waals surface area contributed by atoms with Crippen LogP contribution < -0.4 is 20.9 Å². The van der Waals surface area contributed by atoms with E-state index in [-0.39, 0.29) is 12.5 Å². The molecule has 0 unspecified atom stereocenters. The molecule has 1 aromatic rings. The van der Waals surface area contributed by atoms with Crippen LogP contribution in [-0.2, 0) is 9.53 Å². The zero-order chi connectivity index (χ0) is 18.8. The normalized spacial score (nSPS) is 15.7. The fourth-order valence-corrected chi connectivity index (χ4v) is 2.81. The van der Waals surface area contributed by atoms with E-state index in [1.54, 1.807) is 14.2 Å². The Balaban J connectivity index is 1.71. The molecule has 0 bridgehead atoms. The highest BCUT2D eigenvalue weighted by Gasteiger charge is 2.21. The van der Waals surface area contributed by atoms with Crippen molar-refractivity contribution in [2.24, 2.45) is 4.99 Å². The highest BCUT2D eigenvalue weighted by molar-refractivity contribution is 5.86. The van der Waals surface area contributed by atoms with Gasteiger partial charge in [-0.15, -0.1) is 0 Å². The van der Waals surface area contributed by atoms with Gasteiger partial charge >= 0.3 is 0 Å². The van der Waals surface area contributed by atoms with Crippen LogP contribution in [0.3, 0.4) is 0 Å². The summed E-state index contributed by atoms with van der Waals surface area (Å²) in [6.45, 7) is 5.14. The molecule has 2 heterocycles. The zero-order valence-electron chi connectivity index (χ0n) is 15.9. The van der Waals surface area contributed by atoms with Gasteiger partial charge in [-0.25, -0.2) is 4.98 Å². The molecule has 3 N–H and O–H groups in total. The lowest BCUT2D eigenvalue weighted by Gasteiger charge is -2.33. The van der Waals surface area contributed by atoms with Gasteiger partial charge in [-0.2, -0.15) is 0 Å². The molecule has 2 rings (SSSR count). The van der Waals surface area contributed by atoms with Crippen molar-refractivity contribution in [3.63, 3.8) is 0 Å². The van der Waals surface area contributed by atoms with E-state index >= 15 is 0 Å². The fourth-order valence-electron chi connectivity index (χ4n) is 2.81. The van der Waals surface area contributed by atoms with Gasteiger partial charge in [0.2, 0.25) is 5.91 Å². The van der Waals surface area contributed by atoms with Gasteiger partial charge in [-0.05, 0) is 31.4 Å². The van der Waals surface area contributed by atoms with Gasteiger partial charge in [0.25, 0.3) is 0 Å². The van der Waals surface area contributed by atoms with Crippen LogP contribution >= 0.6 is 0 Å². The van der Waals surface area contributed by atoms with E-state index in [0.29, 0.717) is 25.2 Å². The monoisotopic (exact) mass is 362 g/mol. The Bertz CT molecular complexity index is 582. The average Bonchev–Trinajstić information content (AvgIpc) is 2.66. The maximum atomic E-state index is 11.7. The third kappa shape index (κ3) is 6.51. The van der Waals surface area contributed by atoms with E-state index in [1.807, 2.05) is 13.1 Å². The maximum Gasteiger partial charge on any atom is 0.239 e. The summed E-state index contributed by atoms with van der Waals surface area (Å²) in [5.41, 5.74) is 1.17.